The Morgan fingerprint density at radius 1 is 0.769 bits per heavy atom. The molecule has 0 unspecified atom stereocenters. The molecule has 140 valence electrons. The van der Waals surface area contributed by atoms with Gasteiger partial charge in [-0.15, -0.1) is 13.2 Å². The van der Waals surface area contributed by atoms with Gasteiger partial charge in [0.15, 0.2) is 0 Å². The minimum absolute atomic E-state index is 0.295. The fraction of sp³-hybridized carbons (Fsp3) is 0.368. The first kappa shape index (κ1) is 19.8. The molecular weight excluding hydrogens is 345 g/mol. The maximum atomic E-state index is 12.1. The van der Waals surface area contributed by atoms with Gasteiger partial charge in [0.05, 0.1) is 18.0 Å². The van der Waals surface area contributed by atoms with E-state index in [9.17, 15) is 13.2 Å². The second-order valence-electron chi connectivity index (χ2n) is 5.64. The quantitative estimate of drug-likeness (QED) is 0.356. The molecule has 2 aromatic carbocycles. The van der Waals surface area contributed by atoms with E-state index in [4.69, 9.17) is 4.74 Å². The molecule has 0 atom stereocenters. The van der Waals surface area contributed by atoms with Crippen molar-refractivity contribution in [2.75, 3.05) is 6.61 Å². The number of alkyl halides is 3. The smallest absolute Gasteiger partial charge is 0.494 e. The molecule has 0 heterocycles. The average Bonchev–Trinajstić information content (AvgIpc) is 2.61. The lowest BCUT2D eigenvalue weighted by atomic mass is 10.2. The first-order valence-electron chi connectivity index (χ1n) is 8.47. The summed E-state index contributed by atoms with van der Waals surface area (Å²) in [6.45, 7) is 2.85. The Bertz CT molecular complexity index is 683. The molecule has 0 aliphatic rings. The van der Waals surface area contributed by atoms with Crippen LogP contribution in [0.25, 0.3) is 0 Å². The Kier molecular flexibility index (Phi) is 7.44. The fourth-order valence-electron chi connectivity index (χ4n) is 2.16. The van der Waals surface area contributed by atoms with Crippen LogP contribution in [0.3, 0.4) is 0 Å². The van der Waals surface area contributed by atoms with Gasteiger partial charge in [0.1, 0.15) is 11.5 Å². The summed E-state index contributed by atoms with van der Waals surface area (Å²) >= 11 is 0. The summed E-state index contributed by atoms with van der Waals surface area (Å²) in [7, 11) is 0. The van der Waals surface area contributed by atoms with Gasteiger partial charge in [-0.1, -0.05) is 26.2 Å². The molecule has 0 aromatic heterocycles. The van der Waals surface area contributed by atoms with E-state index in [0.29, 0.717) is 18.0 Å². The van der Waals surface area contributed by atoms with Crippen molar-refractivity contribution in [2.45, 2.75) is 39.0 Å². The zero-order valence-electron chi connectivity index (χ0n) is 14.5. The number of unbranched alkanes of at least 4 members (excludes halogenated alkanes) is 3. The van der Waals surface area contributed by atoms with Gasteiger partial charge in [-0.25, -0.2) is 0 Å². The highest BCUT2D eigenvalue weighted by atomic mass is 19.4. The maximum absolute atomic E-state index is 12.1. The predicted molar refractivity (Wildman–Crippen MR) is 93.4 cm³/mol. The van der Waals surface area contributed by atoms with Gasteiger partial charge >= 0.3 is 6.36 Å². The van der Waals surface area contributed by atoms with Gasteiger partial charge in [-0.3, -0.25) is 0 Å². The number of nitrogens with zero attached hydrogens (tertiary/aromatic N) is 2. The van der Waals surface area contributed by atoms with Crippen LogP contribution in [-0.4, -0.2) is 13.0 Å². The molecule has 0 N–H and O–H groups in total. The predicted octanol–water partition coefficient (Wildman–Crippen LogP) is 6.96. The van der Waals surface area contributed by atoms with E-state index in [0.717, 1.165) is 18.6 Å². The number of hydrogen-bond acceptors (Lipinski definition) is 4. The van der Waals surface area contributed by atoms with Crippen LogP contribution in [-0.2, 0) is 0 Å². The van der Waals surface area contributed by atoms with Crippen molar-refractivity contribution >= 4 is 11.4 Å². The molecule has 0 radical (unpaired) electrons. The lowest BCUT2D eigenvalue weighted by Gasteiger charge is -2.08. The third-order valence-electron chi connectivity index (χ3n) is 3.45. The highest BCUT2D eigenvalue weighted by Gasteiger charge is 2.30. The van der Waals surface area contributed by atoms with Crippen molar-refractivity contribution in [3.05, 3.63) is 48.5 Å². The first-order valence-corrected chi connectivity index (χ1v) is 8.47. The van der Waals surface area contributed by atoms with Gasteiger partial charge in [0.25, 0.3) is 0 Å². The fourth-order valence-corrected chi connectivity index (χ4v) is 2.16. The third-order valence-corrected chi connectivity index (χ3v) is 3.45. The standard InChI is InChI=1S/C19H21F3N2O2/c1-2-3-4-5-14-25-17-10-6-15(7-11-17)23-24-16-8-12-18(13-9-16)26-19(20,21)22/h6-13H,2-5,14H2,1H3. The Labute approximate surface area is 150 Å². The molecule has 0 saturated carbocycles. The molecule has 7 heteroatoms. The second-order valence-corrected chi connectivity index (χ2v) is 5.64. The van der Waals surface area contributed by atoms with E-state index in [1.54, 1.807) is 12.1 Å². The van der Waals surface area contributed by atoms with E-state index in [-0.39, 0.29) is 5.75 Å². The number of rotatable bonds is 9. The summed E-state index contributed by atoms with van der Waals surface area (Å²) in [5.74, 6) is 0.478. The van der Waals surface area contributed by atoms with Crippen molar-refractivity contribution in [1.82, 2.24) is 0 Å². The van der Waals surface area contributed by atoms with Crippen molar-refractivity contribution in [2.24, 2.45) is 10.2 Å². The molecule has 0 aliphatic heterocycles. The van der Waals surface area contributed by atoms with Crippen molar-refractivity contribution in [3.8, 4) is 11.5 Å². The lowest BCUT2D eigenvalue weighted by molar-refractivity contribution is -0.274. The van der Waals surface area contributed by atoms with Crippen molar-refractivity contribution in [3.63, 3.8) is 0 Å². The number of benzene rings is 2. The molecule has 0 bridgehead atoms. The Balaban J connectivity index is 1.84. The van der Waals surface area contributed by atoms with Gasteiger partial charge in [-0.2, -0.15) is 10.2 Å². The summed E-state index contributed by atoms with van der Waals surface area (Å²) in [4.78, 5) is 0. The number of hydrogen-bond donors (Lipinski definition) is 0. The molecule has 26 heavy (non-hydrogen) atoms. The number of halogens is 3. The zero-order valence-corrected chi connectivity index (χ0v) is 14.5. The van der Waals surface area contributed by atoms with Crippen molar-refractivity contribution in [1.29, 1.82) is 0 Å². The van der Waals surface area contributed by atoms with E-state index in [1.807, 2.05) is 12.1 Å². The molecule has 0 aliphatic carbocycles. The third kappa shape index (κ3) is 7.55. The van der Waals surface area contributed by atoms with Crippen LogP contribution in [0.2, 0.25) is 0 Å². The van der Waals surface area contributed by atoms with Crippen LogP contribution >= 0.6 is 0 Å². The first-order chi connectivity index (χ1) is 12.5. The zero-order chi connectivity index (χ0) is 18.8. The van der Waals surface area contributed by atoms with Crippen LogP contribution < -0.4 is 9.47 Å². The van der Waals surface area contributed by atoms with Crippen LogP contribution in [0.15, 0.2) is 58.8 Å². The van der Waals surface area contributed by atoms with E-state index < -0.39 is 6.36 Å². The summed E-state index contributed by atoms with van der Waals surface area (Å²) in [6, 6.07) is 12.4. The van der Waals surface area contributed by atoms with E-state index >= 15 is 0 Å². The number of azo groups is 1. The molecular formula is C19H21F3N2O2. The normalized spacial score (nSPS) is 11.7. The lowest BCUT2D eigenvalue weighted by Crippen LogP contribution is -2.16. The van der Waals surface area contributed by atoms with Crippen LogP contribution in [0.5, 0.6) is 11.5 Å². The van der Waals surface area contributed by atoms with Gasteiger partial charge < -0.3 is 9.47 Å². The minimum Gasteiger partial charge on any atom is -0.494 e. The summed E-state index contributed by atoms with van der Waals surface area (Å²) in [5, 5.41) is 8.04. The highest BCUT2D eigenvalue weighted by Crippen LogP contribution is 2.26. The molecule has 2 aromatic rings. The summed E-state index contributed by atoms with van der Waals surface area (Å²) in [5.41, 5.74) is 1.05. The Morgan fingerprint density at radius 2 is 1.31 bits per heavy atom. The highest BCUT2D eigenvalue weighted by molar-refractivity contribution is 5.44. The van der Waals surface area contributed by atoms with Crippen molar-refractivity contribution < 1.29 is 22.6 Å². The van der Waals surface area contributed by atoms with E-state index in [2.05, 4.69) is 21.9 Å². The SMILES string of the molecule is CCCCCCOc1ccc(N=Nc2ccc(OC(F)(F)F)cc2)cc1. The van der Waals surface area contributed by atoms with Gasteiger partial charge in [0.2, 0.25) is 0 Å². The monoisotopic (exact) mass is 366 g/mol. The average molecular weight is 366 g/mol. The molecule has 0 saturated heterocycles. The second kappa shape index (κ2) is 9.79. The maximum Gasteiger partial charge on any atom is 0.573 e. The number of ether oxygens (including phenoxy) is 2. The Morgan fingerprint density at radius 3 is 1.81 bits per heavy atom. The molecule has 4 nitrogen and oxygen atoms in total. The van der Waals surface area contributed by atoms with Crippen LogP contribution in [0.1, 0.15) is 32.6 Å². The largest absolute Gasteiger partial charge is 0.573 e. The molecule has 0 fully saturated rings. The molecule has 0 amide bonds. The van der Waals surface area contributed by atoms with Crippen LogP contribution in [0, 0.1) is 0 Å². The molecule has 0 spiro atoms. The van der Waals surface area contributed by atoms with E-state index in [1.165, 1.54) is 37.1 Å². The molecule has 2 rings (SSSR count). The van der Waals surface area contributed by atoms with Gasteiger partial charge in [-0.05, 0) is 55.0 Å². The Hall–Kier alpha value is -2.57. The van der Waals surface area contributed by atoms with Crippen LogP contribution in [0.4, 0.5) is 24.5 Å². The topological polar surface area (TPSA) is 43.2 Å². The summed E-state index contributed by atoms with van der Waals surface area (Å²) < 4.78 is 45.8. The van der Waals surface area contributed by atoms with Gasteiger partial charge in [0, 0.05) is 0 Å². The summed E-state index contributed by atoms with van der Waals surface area (Å²) in [6.07, 6.45) is -0.106. The minimum atomic E-state index is -4.71.